The van der Waals surface area contributed by atoms with Crippen LogP contribution in [0, 0.1) is 0 Å². The average Bonchev–Trinajstić information content (AvgIpc) is 2.85. The van der Waals surface area contributed by atoms with Gasteiger partial charge >= 0.3 is 0 Å². The summed E-state index contributed by atoms with van der Waals surface area (Å²) in [4.78, 5) is 11.1. The molecular weight excluding hydrogens is 252 g/mol. The van der Waals surface area contributed by atoms with Gasteiger partial charge in [-0.25, -0.2) is 8.42 Å². The fourth-order valence-electron chi connectivity index (χ4n) is 0.963. The van der Waals surface area contributed by atoms with E-state index in [0.717, 1.165) is 5.69 Å². The van der Waals surface area contributed by atoms with Gasteiger partial charge in [-0.1, -0.05) is 24.8 Å². The maximum Gasteiger partial charge on any atom is 0.250 e. The van der Waals surface area contributed by atoms with E-state index in [4.69, 9.17) is 0 Å². The largest absolute Gasteiger partial charge is 0.322 e. The minimum Gasteiger partial charge on any atom is -0.322 e. The Morgan fingerprint density at radius 3 is 2.11 bits per heavy atom. The van der Waals surface area contributed by atoms with Gasteiger partial charge in [0, 0.05) is 11.3 Å². The molecule has 1 unspecified atom stereocenters. The molecule has 1 amide bonds. The Morgan fingerprint density at radius 2 is 1.78 bits per heavy atom. The van der Waals surface area contributed by atoms with E-state index in [1.165, 1.54) is 0 Å². The molecule has 1 aromatic carbocycles. The molecule has 0 saturated carbocycles. The van der Waals surface area contributed by atoms with Gasteiger partial charge in [-0.05, 0) is 26.0 Å². The highest BCUT2D eigenvalue weighted by molar-refractivity contribution is 7.96. The molecule has 0 bridgehead atoms. The molecule has 0 aliphatic carbocycles. The van der Waals surface area contributed by atoms with Crippen LogP contribution in [0.25, 0.3) is 0 Å². The van der Waals surface area contributed by atoms with E-state index in [2.05, 4.69) is 16.6 Å². The number of anilines is 1. The molecule has 0 radical (unpaired) electrons. The molecule has 2 rings (SSSR count). The first kappa shape index (κ1) is 14.4. The molecule has 98 valence electrons. The molecule has 1 fully saturated rings. The standard InChI is InChI=1S/C10H11NO.C2H5NO2S/c1-8(2)10(12)11-9-6-4-3-5-7-9;1-2-3-6(2,4)5/h3-7H,1H2,2H3,(H,11,12);2-3H,1H3. The van der Waals surface area contributed by atoms with Crippen LogP contribution in [0.3, 0.4) is 0 Å². The summed E-state index contributed by atoms with van der Waals surface area (Å²) in [6, 6.07) is 9.31. The number of hydrogen-bond acceptors (Lipinski definition) is 3. The summed E-state index contributed by atoms with van der Waals surface area (Å²) < 4.78 is 22.2. The fraction of sp³-hybridized carbons (Fsp3) is 0.250. The predicted molar refractivity (Wildman–Crippen MR) is 71.4 cm³/mol. The van der Waals surface area contributed by atoms with Gasteiger partial charge in [0.25, 0.3) is 5.91 Å². The van der Waals surface area contributed by atoms with E-state index in [-0.39, 0.29) is 11.3 Å². The van der Waals surface area contributed by atoms with Crippen LogP contribution in [0.1, 0.15) is 13.8 Å². The number of amides is 1. The third-order valence-corrected chi connectivity index (χ3v) is 3.63. The van der Waals surface area contributed by atoms with Crippen molar-refractivity contribution in [3.05, 3.63) is 42.5 Å². The summed E-state index contributed by atoms with van der Waals surface area (Å²) in [5.74, 6) is -0.138. The maximum absolute atomic E-state index is 11.1. The van der Waals surface area contributed by atoms with Crippen LogP contribution in [0.15, 0.2) is 42.5 Å². The van der Waals surface area contributed by atoms with Gasteiger partial charge in [-0.3, -0.25) is 4.79 Å². The first-order chi connectivity index (χ1) is 8.33. The normalized spacial score (nSPS) is 19.1. The zero-order chi connectivity index (χ0) is 13.8. The predicted octanol–water partition coefficient (Wildman–Crippen LogP) is 1.47. The summed E-state index contributed by atoms with van der Waals surface area (Å²) >= 11 is 0. The molecule has 2 N–H and O–H groups in total. The second-order valence-corrected chi connectivity index (χ2v) is 5.94. The Bertz CT molecular complexity index is 538. The number of nitrogens with one attached hydrogen (secondary N) is 2. The average molecular weight is 268 g/mol. The lowest BCUT2D eigenvalue weighted by Gasteiger charge is -2.02. The van der Waals surface area contributed by atoms with Crippen molar-refractivity contribution in [2.45, 2.75) is 19.2 Å². The lowest BCUT2D eigenvalue weighted by Crippen LogP contribution is -2.11. The minimum atomic E-state index is -2.75. The number of sulfonamides is 1. The van der Waals surface area contributed by atoms with Gasteiger partial charge in [-0.2, -0.15) is 4.72 Å². The third-order valence-electron chi connectivity index (χ3n) is 2.16. The molecular formula is C12H16N2O3S. The van der Waals surface area contributed by atoms with Crippen LogP contribution < -0.4 is 10.0 Å². The van der Waals surface area contributed by atoms with E-state index in [0.29, 0.717) is 5.57 Å². The van der Waals surface area contributed by atoms with Crippen LogP contribution in [0.5, 0.6) is 0 Å². The highest BCUT2D eigenvalue weighted by Gasteiger charge is 2.37. The van der Waals surface area contributed by atoms with Crippen LogP contribution >= 0.6 is 0 Å². The van der Waals surface area contributed by atoms with Crippen molar-refractivity contribution < 1.29 is 13.2 Å². The molecule has 1 saturated heterocycles. The van der Waals surface area contributed by atoms with Gasteiger partial charge in [0.05, 0.1) is 0 Å². The maximum atomic E-state index is 11.1. The lowest BCUT2D eigenvalue weighted by molar-refractivity contribution is -0.112. The Labute approximate surface area is 107 Å². The molecule has 1 aliphatic heterocycles. The molecule has 1 aliphatic rings. The monoisotopic (exact) mass is 268 g/mol. The van der Waals surface area contributed by atoms with E-state index < -0.39 is 10.0 Å². The Hall–Kier alpha value is -1.66. The second kappa shape index (κ2) is 5.79. The molecule has 5 nitrogen and oxygen atoms in total. The van der Waals surface area contributed by atoms with Crippen LogP contribution in [-0.2, 0) is 14.8 Å². The molecule has 0 spiro atoms. The smallest absolute Gasteiger partial charge is 0.250 e. The molecule has 0 aromatic heterocycles. The molecule has 6 heteroatoms. The third kappa shape index (κ3) is 4.68. The van der Waals surface area contributed by atoms with Crippen molar-refractivity contribution >= 4 is 21.6 Å². The summed E-state index contributed by atoms with van der Waals surface area (Å²) in [6.45, 7) is 6.82. The van der Waals surface area contributed by atoms with E-state index in [1.807, 2.05) is 30.3 Å². The Balaban J connectivity index is 0.000000225. The van der Waals surface area contributed by atoms with Crippen molar-refractivity contribution in [1.29, 1.82) is 0 Å². The summed E-state index contributed by atoms with van der Waals surface area (Å²) in [6.07, 6.45) is 0. The van der Waals surface area contributed by atoms with E-state index >= 15 is 0 Å². The number of rotatable bonds is 2. The molecule has 18 heavy (non-hydrogen) atoms. The van der Waals surface area contributed by atoms with Crippen molar-refractivity contribution in [2.75, 3.05) is 5.32 Å². The van der Waals surface area contributed by atoms with Crippen LogP contribution in [0.4, 0.5) is 5.69 Å². The van der Waals surface area contributed by atoms with Gasteiger partial charge in [0.15, 0.2) is 0 Å². The van der Waals surface area contributed by atoms with Gasteiger partial charge < -0.3 is 5.32 Å². The number of para-hydroxylation sites is 1. The number of carbonyl (C=O) groups is 1. The summed E-state index contributed by atoms with van der Waals surface area (Å²) in [5.41, 5.74) is 1.31. The topological polar surface area (TPSA) is 85.2 Å². The molecule has 1 heterocycles. The zero-order valence-corrected chi connectivity index (χ0v) is 11.1. The number of carbonyl (C=O) groups excluding carboxylic acids is 1. The first-order valence-electron chi connectivity index (χ1n) is 5.36. The SMILES string of the molecule is C=C(C)C(=O)Nc1ccccc1.CC1NS1(=O)=O. The van der Waals surface area contributed by atoms with Gasteiger partial charge in [-0.15, -0.1) is 0 Å². The second-order valence-electron chi connectivity index (χ2n) is 3.91. The van der Waals surface area contributed by atoms with Crippen molar-refractivity contribution in [3.63, 3.8) is 0 Å². The molecule has 1 atom stereocenters. The van der Waals surface area contributed by atoms with Crippen molar-refractivity contribution in [1.82, 2.24) is 4.72 Å². The minimum absolute atomic E-state index is 0.138. The van der Waals surface area contributed by atoms with E-state index in [9.17, 15) is 13.2 Å². The zero-order valence-electron chi connectivity index (χ0n) is 10.3. The number of hydrogen-bond donors (Lipinski definition) is 2. The number of benzene rings is 1. The lowest BCUT2D eigenvalue weighted by atomic mass is 10.3. The summed E-state index contributed by atoms with van der Waals surface area (Å²) in [5, 5.41) is 2.42. The Morgan fingerprint density at radius 1 is 1.33 bits per heavy atom. The van der Waals surface area contributed by atoms with E-state index in [1.54, 1.807) is 13.8 Å². The quantitative estimate of drug-likeness (QED) is 0.629. The highest BCUT2D eigenvalue weighted by Crippen LogP contribution is 2.08. The fourth-order valence-corrected chi connectivity index (χ4v) is 1.61. The Kier molecular flexibility index (Phi) is 4.63. The molecule has 1 aromatic rings. The highest BCUT2D eigenvalue weighted by atomic mass is 32.2. The van der Waals surface area contributed by atoms with Gasteiger partial charge in [0.1, 0.15) is 5.37 Å². The first-order valence-corrected chi connectivity index (χ1v) is 6.90. The summed E-state index contributed by atoms with van der Waals surface area (Å²) in [7, 11) is -2.75. The van der Waals surface area contributed by atoms with Crippen molar-refractivity contribution in [2.24, 2.45) is 0 Å². The van der Waals surface area contributed by atoms with Gasteiger partial charge in [0.2, 0.25) is 10.0 Å². The van der Waals surface area contributed by atoms with Crippen LogP contribution in [0.2, 0.25) is 0 Å². The van der Waals surface area contributed by atoms with Crippen LogP contribution in [-0.4, -0.2) is 19.7 Å². The van der Waals surface area contributed by atoms with Crippen molar-refractivity contribution in [3.8, 4) is 0 Å².